The summed E-state index contributed by atoms with van der Waals surface area (Å²) in [5.41, 5.74) is 5.91. The number of nitrogens with one attached hydrogen (secondary N) is 1. The number of carbonyl (C=O) groups is 1. The summed E-state index contributed by atoms with van der Waals surface area (Å²) in [4.78, 5) is 22.6. The van der Waals surface area contributed by atoms with E-state index in [2.05, 4.69) is 5.32 Å². The van der Waals surface area contributed by atoms with Gasteiger partial charge in [-0.25, -0.2) is 4.79 Å². The summed E-state index contributed by atoms with van der Waals surface area (Å²) >= 11 is 0. The molecule has 3 N–H and O–H groups in total. The van der Waals surface area contributed by atoms with E-state index in [9.17, 15) is 9.59 Å². The van der Waals surface area contributed by atoms with Crippen molar-refractivity contribution < 1.29 is 13.9 Å². The Kier molecular flexibility index (Phi) is 2.93. The predicted molar refractivity (Wildman–Crippen MR) is 67.8 cm³/mol. The first-order chi connectivity index (χ1) is 8.51. The zero-order valence-electron chi connectivity index (χ0n) is 9.94. The highest BCUT2D eigenvalue weighted by Gasteiger charge is 2.11. The Hall–Kier alpha value is -2.50. The molecule has 1 aromatic carbocycles. The third kappa shape index (κ3) is 2.13. The van der Waals surface area contributed by atoms with Crippen molar-refractivity contribution in [2.24, 2.45) is 0 Å². The van der Waals surface area contributed by atoms with E-state index in [1.165, 1.54) is 20.1 Å². The highest BCUT2D eigenvalue weighted by atomic mass is 16.5. The Bertz CT molecular complexity index is 676. The molecule has 1 amide bonds. The average Bonchev–Trinajstić information content (AvgIpc) is 2.29. The SMILES string of the molecule is COc1cc(N)cc2cc(NC(C)=O)c(=O)oc12. The molecule has 0 saturated heterocycles. The first-order valence-electron chi connectivity index (χ1n) is 5.20. The van der Waals surface area contributed by atoms with Crippen molar-refractivity contribution in [2.45, 2.75) is 6.92 Å². The second-order valence-electron chi connectivity index (χ2n) is 3.77. The fraction of sp³-hybridized carbons (Fsp3) is 0.167. The molecule has 0 aliphatic rings. The van der Waals surface area contributed by atoms with Gasteiger partial charge in [-0.3, -0.25) is 4.79 Å². The van der Waals surface area contributed by atoms with Gasteiger partial charge in [-0.15, -0.1) is 0 Å². The van der Waals surface area contributed by atoms with Gasteiger partial charge >= 0.3 is 5.63 Å². The van der Waals surface area contributed by atoms with Gasteiger partial charge in [0.1, 0.15) is 5.69 Å². The van der Waals surface area contributed by atoms with Crippen LogP contribution in [0.4, 0.5) is 11.4 Å². The van der Waals surface area contributed by atoms with Crippen molar-refractivity contribution in [2.75, 3.05) is 18.2 Å². The number of fused-ring (bicyclic) bond motifs is 1. The van der Waals surface area contributed by atoms with Crippen LogP contribution in [0.5, 0.6) is 5.75 Å². The van der Waals surface area contributed by atoms with Crippen LogP contribution in [0.1, 0.15) is 6.92 Å². The molecule has 0 radical (unpaired) electrons. The molecule has 0 aliphatic carbocycles. The van der Waals surface area contributed by atoms with Crippen molar-refractivity contribution in [3.63, 3.8) is 0 Å². The fourth-order valence-corrected chi connectivity index (χ4v) is 1.65. The van der Waals surface area contributed by atoms with Crippen LogP contribution >= 0.6 is 0 Å². The van der Waals surface area contributed by atoms with Crippen LogP contribution in [-0.2, 0) is 4.79 Å². The van der Waals surface area contributed by atoms with Gasteiger partial charge in [-0.05, 0) is 12.1 Å². The molecule has 0 atom stereocenters. The maximum atomic E-state index is 11.7. The van der Waals surface area contributed by atoms with Crippen LogP contribution in [0.2, 0.25) is 0 Å². The van der Waals surface area contributed by atoms with E-state index in [-0.39, 0.29) is 11.6 Å². The van der Waals surface area contributed by atoms with Crippen molar-refractivity contribution in [1.82, 2.24) is 0 Å². The van der Waals surface area contributed by atoms with Gasteiger partial charge in [0.2, 0.25) is 5.91 Å². The van der Waals surface area contributed by atoms with E-state index >= 15 is 0 Å². The molecular formula is C12H12N2O4. The molecule has 0 saturated carbocycles. The first-order valence-corrected chi connectivity index (χ1v) is 5.20. The van der Waals surface area contributed by atoms with Crippen molar-refractivity contribution in [1.29, 1.82) is 0 Å². The van der Waals surface area contributed by atoms with Crippen LogP contribution in [0.15, 0.2) is 27.4 Å². The Morgan fingerprint density at radius 2 is 2.11 bits per heavy atom. The summed E-state index contributed by atoms with van der Waals surface area (Å²) in [7, 11) is 1.45. The number of amides is 1. The van der Waals surface area contributed by atoms with Crippen LogP contribution in [0.3, 0.4) is 0 Å². The lowest BCUT2D eigenvalue weighted by Gasteiger charge is -2.07. The van der Waals surface area contributed by atoms with Crippen LogP contribution in [-0.4, -0.2) is 13.0 Å². The summed E-state index contributed by atoms with van der Waals surface area (Å²) in [6, 6.07) is 4.69. The minimum atomic E-state index is -0.638. The molecule has 2 aromatic rings. The smallest absolute Gasteiger partial charge is 0.360 e. The van der Waals surface area contributed by atoms with Gasteiger partial charge in [0.15, 0.2) is 11.3 Å². The largest absolute Gasteiger partial charge is 0.493 e. The normalized spacial score (nSPS) is 10.3. The number of hydrogen-bond donors (Lipinski definition) is 2. The van der Waals surface area contributed by atoms with Crippen molar-refractivity contribution in [3.05, 3.63) is 28.6 Å². The van der Waals surface area contributed by atoms with Gasteiger partial charge in [0, 0.05) is 24.1 Å². The van der Waals surface area contributed by atoms with E-state index < -0.39 is 5.63 Å². The van der Waals surface area contributed by atoms with E-state index in [1.807, 2.05) is 0 Å². The summed E-state index contributed by atoms with van der Waals surface area (Å²) in [5, 5.41) is 2.97. The second-order valence-corrected chi connectivity index (χ2v) is 3.77. The van der Waals surface area contributed by atoms with Gasteiger partial charge in [0.25, 0.3) is 0 Å². The van der Waals surface area contributed by atoms with Gasteiger partial charge < -0.3 is 20.2 Å². The summed E-state index contributed by atoms with van der Waals surface area (Å²) in [6.07, 6.45) is 0. The number of carbonyl (C=O) groups excluding carboxylic acids is 1. The summed E-state index contributed by atoms with van der Waals surface area (Å²) in [6.45, 7) is 1.31. The lowest BCUT2D eigenvalue weighted by molar-refractivity contribution is -0.114. The van der Waals surface area contributed by atoms with E-state index in [1.54, 1.807) is 12.1 Å². The third-order valence-corrected chi connectivity index (χ3v) is 2.35. The molecule has 6 heteroatoms. The number of ether oxygens (including phenoxy) is 1. The lowest BCUT2D eigenvalue weighted by atomic mass is 10.2. The maximum absolute atomic E-state index is 11.7. The Morgan fingerprint density at radius 3 is 2.72 bits per heavy atom. The Morgan fingerprint density at radius 1 is 1.39 bits per heavy atom. The van der Waals surface area contributed by atoms with Gasteiger partial charge in [-0.1, -0.05) is 0 Å². The second kappa shape index (κ2) is 4.40. The number of benzene rings is 1. The van der Waals surface area contributed by atoms with E-state index in [4.69, 9.17) is 14.9 Å². The third-order valence-electron chi connectivity index (χ3n) is 2.35. The maximum Gasteiger partial charge on any atom is 0.360 e. The molecular weight excluding hydrogens is 236 g/mol. The molecule has 1 aromatic heterocycles. The average molecular weight is 248 g/mol. The van der Waals surface area contributed by atoms with Crippen LogP contribution in [0, 0.1) is 0 Å². The molecule has 18 heavy (non-hydrogen) atoms. The van der Waals surface area contributed by atoms with E-state index in [0.29, 0.717) is 22.4 Å². The molecule has 0 aliphatic heterocycles. The van der Waals surface area contributed by atoms with Crippen LogP contribution in [0.25, 0.3) is 11.0 Å². The highest BCUT2D eigenvalue weighted by molar-refractivity contribution is 5.93. The first kappa shape index (κ1) is 12.0. The minimum Gasteiger partial charge on any atom is -0.493 e. The van der Waals surface area contributed by atoms with Crippen LogP contribution < -0.4 is 21.4 Å². The minimum absolute atomic E-state index is 0.0719. The Labute approximate surface area is 102 Å². The number of rotatable bonds is 2. The summed E-state index contributed by atoms with van der Waals surface area (Å²) in [5.74, 6) is 0.0222. The zero-order chi connectivity index (χ0) is 13.3. The monoisotopic (exact) mass is 248 g/mol. The molecule has 0 bridgehead atoms. The number of nitrogen functional groups attached to an aromatic ring is 1. The molecule has 0 fully saturated rings. The van der Waals surface area contributed by atoms with Crippen molar-refractivity contribution in [3.8, 4) is 5.75 Å². The summed E-state index contributed by atoms with van der Waals surface area (Å²) < 4.78 is 10.2. The molecule has 1 heterocycles. The number of nitrogens with two attached hydrogens (primary N) is 1. The molecule has 94 valence electrons. The number of hydrogen-bond acceptors (Lipinski definition) is 5. The highest BCUT2D eigenvalue weighted by Crippen LogP contribution is 2.28. The zero-order valence-corrected chi connectivity index (χ0v) is 9.94. The fourth-order valence-electron chi connectivity index (χ4n) is 1.65. The quantitative estimate of drug-likeness (QED) is 0.617. The number of methoxy groups -OCH3 is 1. The predicted octanol–water partition coefficient (Wildman–Crippen LogP) is 1.34. The standard InChI is InChI=1S/C12H12N2O4/c1-6(15)14-9-4-7-3-8(13)5-10(17-2)11(7)18-12(9)16/h3-5H,13H2,1-2H3,(H,14,15). The number of anilines is 2. The molecule has 2 rings (SSSR count). The van der Waals surface area contributed by atoms with Crippen molar-refractivity contribution >= 4 is 28.3 Å². The molecule has 6 nitrogen and oxygen atoms in total. The lowest BCUT2D eigenvalue weighted by Crippen LogP contribution is -2.14. The van der Waals surface area contributed by atoms with Gasteiger partial charge in [-0.2, -0.15) is 0 Å². The van der Waals surface area contributed by atoms with Gasteiger partial charge in [0.05, 0.1) is 7.11 Å². The van der Waals surface area contributed by atoms with E-state index in [0.717, 1.165) is 0 Å². The molecule has 0 spiro atoms. The Balaban J connectivity index is 2.71. The topological polar surface area (TPSA) is 94.6 Å². The molecule has 0 unspecified atom stereocenters.